The van der Waals surface area contributed by atoms with E-state index in [0.29, 0.717) is 55.2 Å². The number of fused-ring (bicyclic) bond motifs is 2. The molecule has 32 heavy (non-hydrogen) atoms. The third-order valence-electron chi connectivity index (χ3n) is 7.96. The number of methoxy groups -OCH3 is 1. The van der Waals surface area contributed by atoms with E-state index >= 15 is 0 Å². The smallest absolute Gasteiger partial charge is 0.194 e. The summed E-state index contributed by atoms with van der Waals surface area (Å²) >= 11 is 0. The summed E-state index contributed by atoms with van der Waals surface area (Å²) in [6, 6.07) is 5.12. The van der Waals surface area contributed by atoms with Crippen LogP contribution in [0.2, 0.25) is 0 Å². The molecule has 7 heteroatoms. The number of ether oxygens (including phenoxy) is 1. The molecule has 6 atom stereocenters. The van der Waals surface area contributed by atoms with Gasteiger partial charge in [0.1, 0.15) is 0 Å². The van der Waals surface area contributed by atoms with Gasteiger partial charge in [0, 0.05) is 49.3 Å². The minimum absolute atomic E-state index is 0.364. The van der Waals surface area contributed by atoms with Gasteiger partial charge in [-0.2, -0.15) is 5.26 Å². The van der Waals surface area contributed by atoms with Crippen molar-refractivity contribution in [3.63, 3.8) is 0 Å². The van der Waals surface area contributed by atoms with E-state index in [1.54, 1.807) is 7.11 Å². The molecule has 3 rings (SSSR count). The van der Waals surface area contributed by atoms with Crippen LogP contribution < -0.4 is 10.6 Å². The van der Waals surface area contributed by atoms with Gasteiger partial charge in [-0.3, -0.25) is 15.2 Å². The second-order valence-corrected chi connectivity index (χ2v) is 10.4. The fourth-order valence-corrected chi connectivity index (χ4v) is 6.17. The van der Waals surface area contributed by atoms with E-state index in [4.69, 9.17) is 10.1 Å². The van der Waals surface area contributed by atoms with Crippen molar-refractivity contribution >= 4 is 5.90 Å². The molecule has 0 spiro atoms. The first kappa shape index (κ1) is 25.4. The first-order valence-corrected chi connectivity index (χ1v) is 13.0. The summed E-state index contributed by atoms with van der Waals surface area (Å²) < 4.78 is 5.27. The van der Waals surface area contributed by atoms with Crippen LogP contribution in [0.5, 0.6) is 0 Å². The monoisotopic (exact) mass is 446 g/mol. The Morgan fingerprint density at radius 2 is 1.38 bits per heavy atom. The Labute approximate surface area is 195 Å². The van der Waals surface area contributed by atoms with Crippen LogP contribution in [0.25, 0.3) is 0 Å². The third kappa shape index (κ3) is 7.15. The molecular weight excluding hydrogens is 400 g/mol. The van der Waals surface area contributed by atoms with E-state index in [0.717, 1.165) is 25.9 Å². The maximum Gasteiger partial charge on any atom is 0.194 e. The van der Waals surface area contributed by atoms with Gasteiger partial charge in [-0.05, 0) is 52.4 Å². The molecule has 1 aliphatic heterocycles. The van der Waals surface area contributed by atoms with Crippen molar-refractivity contribution in [1.82, 2.24) is 20.4 Å². The molecule has 3 N–H and O–H groups in total. The highest BCUT2D eigenvalue weighted by atomic mass is 16.5. The van der Waals surface area contributed by atoms with Crippen molar-refractivity contribution in [2.75, 3.05) is 33.3 Å². The summed E-state index contributed by atoms with van der Waals surface area (Å²) in [5.41, 5.74) is 0. The molecule has 2 aliphatic carbocycles. The number of nitrogens with one attached hydrogen (secondary N) is 3. The van der Waals surface area contributed by atoms with E-state index < -0.39 is 0 Å². The van der Waals surface area contributed by atoms with Crippen molar-refractivity contribution in [3.05, 3.63) is 0 Å². The number of nitriles is 1. The maximum atomic E-state index is 9.51. The molecule has 1 heterocycles. The summed E-state index contributed by atoms with van der Waals surface area (Å²) in [6.07, 6.45) is 12.0. The van der Waals surface area contributed by atoms with Crippen LogP contribution in [0.3, 0.4) is 0 Å². The second-order valence-electron chi connectivity index (χ2n) is 10.4. The Kier molecular flexibility index (Phi) is 10.2. The third-order valence-corrected chi connectivity index (χ3v) is 7.96. The molecule has 0 amide bonds. The van der Waals surface area contributed by atoms with Crippen molar-refractivity contribution in [2.24, 2.45) is 0 Å². The second kappa shape index (κ2) is 12.9. The first-order valence-electron chi connectivity index (χ1n) is 13.0. The fourth-order valence-electron chi connectivity index (χ4n) is 6.17. The van der Waals surface area contributed by atoms with Gasteiger partial charge in [0.25, 0.3) is 0 Å². The first-order chi connectivity index (χ1) is 15.5. The van der Waals surface area contributed by atoms with Crippen LogP contribution in [0.15, 0.2) is 0 Å². The standard InChI is InChI=1S/C25H46N6O/c1-19-12-15-30(17-14-26)23-10-6-4-8-21(23)28-20(2)13-16-31(18-25(27)32-3)24-11-7-5-9-22(24)29-19/h19-24,27-29H,4-13,15-18H2,1-3H3/t19-,20+,21?,22?,23?,24?/m0/s1. The largest absolute Gasteiger partial charge is 0.484 e. The average Bonchev–Trinajstić information content (AvgIpc) is 2.79. The Hall–Kier alpha value is -1.20. The van der Waals surface area contributed by atoms with Crippen LogP contribution in [-0.4, -0.2) is 85.2 Å². The molecule has 1 saturated heterocycles. The molecule has 182 valence electrons. The minimum atomic E-state index is 0.364. The Bertz CT molecular complexity index is 622. The zero-order valence-electron chi connectivity index (χ0n) is 20.6. The lowest BCUT2D eigenvalue weighted by Gasteiger charge is -2.44. The van der Waals surface area contributed by atoms with E-state index in [1.165, 1.54) is 51.4 Å². The summed E-state index contributed by atoms with van der Waals surface area (Å²) in [5, 5.41) is 25.6. The maximum absolute atomic E-state index is 9.51. The predicted octanol–water partition coefficient (Wildman–Crippen LogP) is 3.11. The summed E-state index contributed by atoms with van der Waals surface area (Å²) in [5.74, 6) is 0.364. The lowest BCUT2D eigenvalue weighted by atomic mass is 9.87. The lowest BCUT2D eigenvalue weighted by molar-refractivity contribution is 0.0981. The SMILES string of the molecule is COC(=N)CN1CC[C@@H](C)NC2CCCCC2N(CC#N)CC[C@H](C)NC2CCCCC21. The highest BCUT2D eigenvalue weighted by molar-refractivity contribution is 5.74. The molecule has 0 aromatic heterocycles. The van der Waals surface area contributed by atoms with Crippen molar-refractivity contribution < 1.29 is 4.74 Å². The number of nitrogens with zero attached hydrogens (tertiary/aromatic N) is 3. The normalized spacial score (nSPS) is 36.2. The quantitative estimate of drug-likeness (QED) is 0.351. The Balaban J connectivity index is 1.80. The zero-order chi connectivity index (χ0) is 22.9. The van der Waals surface area contributed by atoms with Gasteiger partial charge < -0.3 is 15.4 Å². The Morgan fingerprint density at radius 1 is 0.875 bits per heavy atom. The molecule has 4 unspecified atom stereocenters. The van der Waals surface area contributed by atoms with E-state index in [2.05, 4.69) is 40.4 Å². The molecule has 0 bridgehead atoms. The van der Waals surface area contributed by atoms with Crippen LogP contribution in [0, 0.1) is 16.7 Å². The number of rotatable bonds is 3. The van der Waals surface area contributed by atoms with E-state index in [9.17, 15) is 5.26 Å². The lowest BCUT2D eigenvalue weighted by Crippen LogP contribution is -2.58. The number of hydrogen-bond acceptors (Lipinski definition) is 7. The van der Waals surface area contributed by atoms with Gasteiger partial charge in [0.15, 0.2) is 5.90 Å². The topological polar surface area (TPSA) is 87.4 Å². The highest BCUT2D eigenvalue weighted by Crippen LogP contribution is 2.27. The Morgan fingerprint density at radius 3 is 1.91 bits per heavy atom. The van der Waals surface area contributed by atoms with Crippen LogP contribution in [0.1, 0.15) is 78.1 Å². The van der Waals surface area contributed by atoms with Crippen molar-refractivity contribution in [3.8, 4) is 6.07 Å². The molecule has 3 aliphatic rings. The number of hydrogen-bond donors (Lipinski definition) is 3. The van der Waals surface area contributed by atoms with E-state index in [-0.39, 0.29) is 0 Å². The molecule has 3 fully saturated rings. The molecular formula is C25H46N6O. The highest BCUT2D eigenvalue weighted by Gasteiger charge is 2.34. The van der Waals surface area contributed by atoms with Gasteiger partial charge in [-0.1, -0.05) is 25.7 Å². The molecule has 2 saturated carbocycles. The van der Waals surface area contributed by atoms with Gasteiger partial charge in [0.05, 0.1) is 26.3 Å². The van der Waals surface area contributed by atoms with Gasteiger partial charge >= 0.3 is 0 Å². The van der Waals surface area contributed by atoms with Crippen molar-refractivity contribution in [1.29, 1.82) is 10.7 Å². The van der Waals surface area contributed by atoms with Crippen molar-refractivity contribution in [2.45, 2.75) is 114 Å². The van der Waals surface area contributed by atoms with Crippen LogP contribution in [-0.2, 0) is 4.74 Å². The molecule has 7 nitrogen and oxygen atoms in total. The van der Waals surface area contributed by atoms with Crippen LogP contribution >= 0.6 is 0 Å². The summed E-state index contributed by atoms with van der Waals surface area (Å²) in [6.45, 7) is 7.71. The van der Waals surface area contributed by atoms with Gasteiger partial charge in [0.2, 0.25) is 0 Å². The minimum Gasteiger partial charge on any atom is -0.484 e. The summed E-state index contributed by atoms with van der Waals surface area (Å²) in [4.78, 5) is 4.97. The van der Waals surface area contributed by atoms with Gasteiger partial charge in [-0.15, -0.1) is 0 Å². The van der Waals surface area contributed by atoms with Crippen LogP contribution in [0.4, 0.5) is 0 Å². The zero-order valence-corrected chi connectivity index (χ0v) is 20.6. The fraction of sp³-hybridized carbons (Fsp3) is 0.920. The average molecular weight is 447 g/mol. The molecule has 0 aromatic rings. The molecule has 0 radical (unpaired) electrons. The predicted molar refractivity (Wildman–Crippen MR) is 130 cm³/mol. The summed E-state index contributed by atoms with van der Waals surface area (Å²) in [7, 11) is 1.62. The van der Waals surface area contributed by atoms with E-state index in [1.807, 2.05) is 0 Å². The van der Waals surface area contributed by atoms with Gasteiger partial charge in [-0.25, -0.2) is 0 Å². The molecule has 0 aromatic carbocycles.